The van der Waals surface area contributed by atoms with E-state index in [1.807, 2.05) is 0 Å². The molecule has 1 aromatic rings. The zero-order valence-electron chi connectivity index (χ0n) is 12.6. The zero-order chi connectivity index (χ0) is 14.7. The maximum atomic E-state index is 11.6. The van der Waals surface area contributed by atoms with E-state index in [0.29, 0.717) is 0 Å². The highest BCUT2D eigenvalue weighted by atomic mass is 16.4. The van der Waals surface area contributed by atoms with E-state index in [2.05, 4.69) is 29.2 Å². The Kier molecular flexibility index (Phi) is 4.59. The molecule has 114 valence electrons. The molecule has 0 amide bonds. The minimum atomic E-state index is -0.594. The number of hydrogen-bond donors (Lipinski definition) is 1. The van der Waals surface area contributed by atoms with E-state index in [1.165, 1.54) is 24.0 Å². The van der Waals surface area contributed by atoms with Gasteiger partial charge in [-0.3, -0.25) is 9.69 Å². The molecule has 2 atom stereocenters. The third kappa shape index (κ3) is 3.29. The summed E-state index contributed by atoms with van der Waals surface area (Å²) in [5.74, 6) is -0.766. The molecule has 3 nitrogen and oxygen atoms in total. The van der Waals surface area contributed by atoms with Crippen LogP contribution in [0.2, 0.25) is 0 Å². The predicted molar refractivity (Wildman–Crippen MR) is 83.4 cm³/mol. The van der Waals surface area contributed by atoms with Crippen LogP contribution in [0.15, 0.2) is 24.3 Å². The molecule has 3 rings (SSSR count). The molecule has 0 radical (unpaired) electrons. The number of nitrogens with zero attached hydrogens (tertiary/aromatic N) is 1. The van der Waals surface area contributed by atoms with Crippen molar-refractivity contribution in [1.82, 2.24) is 4.90 Å². The number of carboxylic acid groups (broad SMARTS) is 1. The van der Waals surface area contributed by atoms with Gasteiger partial charge in [-0.05, 0) is 36.8 Å². The lowest BCUT2D eigenvalue weighted by molar-refractivity contribution is -0.144. The summed E-state index contributed by atoms with van der Waals surface area (Å²) >= 11 is 0. The summed E-state index contributed by atoms with van der Waals surface area (Å²) in [7, 11) is 0. The first-order chi connectivity index (χ1) is 10.3. The summed E-state index contributed by atoms with van der Waals surface area (Å²) in [5.41, 5.74) is 2.89. The quantitative estimate of drug-likeness (QED) is 0.850. The van der Waals surface area contributed by atoms with Gasteiger partial charge in [-0.15, -0.1) is 0 Å². The van der Waals surface area contributed by atoms with E-state index >= 15 is 0 Å². The molecule has 1 aromatic carbocycles. The van der Waals surface area contributed by atoms with Crippen molar-refractivity contribution in [2.24, 2.45) is 5.92 Å². The predicted octanol–water partition coefficient (Wildman–Crippen LogP) is 3.12. The van der Waals surface area contributed by atoms with Crippen LogP contribution in [0.3, 0.4) is 0 Å². The van der Waals surface area contributed by atoms with Crippen molar-refractivity contribution < 1.29 is 9.90 Å². The van der Waals surface area contributed by atoms with Crippen molar-refractivity contribution in [3.63, 3.8) is 0 Å². The van der Waals surface area contributed by atoms with E-state index in [9.17, 15) is 9.90 Å². The van der Waals surface area contributed by atoms with Crippen LogP contribution in [-0.4, -0.2) is 35.1 Å². The molecule has 1 heterocycles. The van der Waals surface area contributed by atoms with Crippen LogP contribution in [0.5, 0.6) is 0 Å². The summed E-state index contributed by atoms with van der Waals surface area (Å²) in [4.78, 5) is 14.1. The Balaban J connectivity index is 1.75. The van der Waals surface area contributed by atoms with Gasteiger partial charge in [0.15, 0.2) is 0 Å². The van der Waals surface area contributed by atoms with E-state index in [1.54, 1.807) is 0 Å². The minimum absolute atomic E-state index is 0.172. The van der Waals surface area contributed by atoms with Crippen LogP contribution in [-0.2, 0) is 17.6 Å². The second kappa shape index (κ2) is 6.61. The van der Waals surface area contributed by atoms with Gasteiger partial charge in [0.2, 0.25) is 0 Å². The van der Waals surface area contributed by atoms with E-state index in [4.69, 9.17) is 0 Å². The second-order valence-electron chi connectivity index (χ2n) is 6.45. The van der Waals surface area contributed by atoms with E-state index < -0.39 is 5.97 Å². The summed E-state index contributed by atoms with van der Waals surface area (Å²) < 4.78 is 0. The van der Waals surface area contributed by atoms with Gasteiger partial charge in [-0.25, -0.2) is 0 Å². The molecule has 1 aliphatic carbocycles. The third-order valence-corrected chi connectivity index (χ3v) is 5.22. The van der Waals surface area contributed by atoms with Crippen LogP contribution in [0.1, 0.15) is 43.2 Å². The van der Waals surface area contributed by atoms with Gasteiger partial charge in [0, 0.05) is 19.1 Å². The Morgan fingerprint density at radius 1 is 1.00 bits per heavy atom. The van der Waals surface area contributed by atoms with Gasteiger partial charge in [0.1, 0.15) is 0 Å². The molecule has 1 N–H and O–H groups in total. The van der Waals surface area contributed by atoms with Crippen LogP contribution in [0, 0.1) is 5.92 Å². The highest BCUT2D eigenvalue weighted by Crippen LogP contribution is 2.29. The molecule has 2 aliphatic rings. The summed E-state index contributed by atoms with van der Waals surface area (Å²) in [5, 5.41) is 9.58. The molecule has 1 saturated carbocycles. The van der Waals surface area contributed by atoms with Crippen LogP contribution in [0.4, 0.5) is 0 Å². The topological polar surface area (TPSA) is 40.5 Å². The Morgan fingerprint density at radius 2 is 1.62 bits per heavy atom. The second-order valence-corrected chi connectivity index (χ2v) is 6.45. The standard InChI is InChI=1S/C18H25NO2/c20-18(21)16-8-2-1-3-9-17(16)19-12-10-14-6-4-5-7-15(14)11-13-19/h4-7,16-17H,1-3,8-13H2,(H,20,21). The largest absolute Gasteiger partial charge is 0.481 e. The molecule has 0 saturated heterocycles. The average Bonchev–Trinajstić information content (AvgIpc) is 2.85. The monoisotopic (exact) mass is 287 g/mol. The highest BCUT2D eigenvalue weighted by molar-refractivity contribution is 5.71. The molecule has 2 unspecified atom stereocenters. The van der Waals surface area contributed by atoms with Gasteiger partial charge >= 0.3 is 5.97 Å². The Bertz CT molecular complexity index is 473. The molecule has 1 aliphatic heterocycles. The fraction of sp³-hybridized carbons (Fsp3) is 0.611. The van der Waals surface area contributed by atoms with Crippen molar-refractivity contribution >= 4 is 5.97 Å². The molecule has 0 aromatic heterocycles. The van der Waals surface area contributed by atoms with Gasteiger partial charge in [-0.2, -0.15) is 0 Å². The highest BCUT2D eigenvalue weighted by Gasteiger charge is 2.34. The van der Waals surface area contributed by atoms with E-state index in [0.717, 1.165) is 45.2 Å². The van der Waals surface area contributed by atoms with Gasteiger partial charge < -0.3 is 5.11 Å². The number of fused-ring (bicyclic) bond motifs is 1. The number of carboxylic acids is 1. The lowest BCUT2D eigenvalue weighted by Crippen LogP contribution is -2.44. The normalized spacial score (nSPS) is 27.4. The van der Waals surface area contributed by atoms with Crippen LogP contribution < -0.4 is 0 Å². The molecular weight excluding hydrogens is 262 g/mol. The van der Waals surface area contributed by atoms with E-state index in [-0.39, 0.29) is 12.0 Å². The summed E-state index contributed by atoms with van der Waals surface area (Å²) in [6, 6.07) is 8.90. The lowest BCUT2D eigenvalue weighted by Gasteiger charge is -2.33. The molecule has 21 heavy (non-hydrogen) atoms. The van der Waals surface area contributed by atoms with Gasteiger partial charge in [0.25, 0.3) is 0 Å². The Hall–Kier alpha value is -1.35. The van der Waals surface area contributed by atoms with Crippen molar-refractivity contribution in [3.05, 3.63) is 35.4 Å². The molecule has 0 bridgehead atoms. The molecule has 3 heteroatoms. The molecular formula is C18H25NO2. The fourth-order valence-corrected chi connectivity index (χ4v) is 4.03. The van der Waals surface area contributed by atoms with Crippen molar-refractivity contribution in [2.75, 3.05) is 13.1 Å². The van der Waals surface area contributed by atoms with Gasteiger partial charge in [-0.1, -0.05) is 43.5 Å². The maximum absolute atomic E-state index is 11.6. The minimum Gasteiger partial charge on any atom is -0.481 e. The average molecular weight is 287 g/mol. The lowest BCUT2D eigenvalue weighted by atomic mass is 9.93. The van der Waals surface area contributed by atoms with Gasteiger partial charge in [0.05, 0.1) is 5.92 Å². The first-order valence-corrected chi connectivity index (χ1v) is 8.29. The first kappa shape index (κ1) is 14.6. The van der Waals surface area contributed by atoms with Crippen molar-refractivity contribution in [1.29, 1.82) is 0 Å². The summed E-state index contributed by atoms with van der Waals surface area (Å²) in [6.07, 6.45) is 7.45. The number of rotatable bonds is 2. The number of carbonyl (C=O) groups is 1. The Morgan fingerprint density at radius 3 is 2.24 bits per heavy atom. The van der Waals surface area contributed by atoms with Crippen molar-refractivity contribution in [3.8, 4) is 0 Å². The van der Waals surface area contributed by atoms with Crippen LogP contribution >= 0.6 is 0 Å². The maximum Gasteiger partial charge on any atom is 0.308 e. The first-order valence-electron chi connectivity index (χ1n) is 8.29. The Labute approximate surface area is 127 Å². The zero-order valence-corrected chi connectivity index (χ0v) is 12.6. The van der Waals surface area contributed by atoms with Crippen LogP contribution in [0.25, 0.3) is 0 Å². The fourth-order valence-electron chi connectivity index (χ4n) is 4.03. The smallest absolute Gasteiger partial charge is 0.308 e. The third-order valence-electron chi connectivity index (χ3n) is 5.22. The SMILES string of the molecule is O=C(O)C1CCCCCC1N1CCc2ccccc2CC1. The molecule has 1 fully saturated rings. The van der Waals surface area contributed by atoms with Crippen molar-refractivity contribution in [2.45, 2.75) is 51.0 Å². The number of hydrogen-bond acceptors (Lipinski definition) is 2. The summed E-state index contributed by atoms with van der Waals surface area (Å²) in [6.45, 7) is 2.01. The molecule has 0 spiro atoms. The number of benzene rings is 1. The number of aliphatic carboxylic acids is 1.